The molecule has 1 heterocycles. The maximum atomic E-state index is 12.5. The first kappa shape index (κ1) is 22.3. The van der Waals surface area contributed by atoms with Gasteiger partial charge in [-0.3, -0.25) is 9.59 Å². The molecule has 5 nitrogen and oxygen atoms in total. The first-order valence-electron chi connectivity index (χ1n) is 9.85. The Labute approximate surface area is 199 Å². The smallest absolute Gasteiger partial charge is 0.255 e. The summed E-state index contributed by atoms with van der Waals surface area (Å²) < 4.78 is 1.74. The van der Waals surface area contributed by atoms with Gasteiger partial charge in [-0.1, -0.05) is 47.1 Å². The lowest BCUT2D eigenvalue weighted by atomic mass is 10.1. The van der Waals surface area contributed by atoms with Crippen LogP contribution in [-0.2, 0) is 4.79 Å². The number of aromatic nitrogens is 1. The van der Waals surface area contributed by atoms with Crippen LogP contribution in [0.15, 0.2) is 65.0 Å². The van der Waals surface area contributed by atoms with Crippen molar-refractivity contribution >= 4 is 68.1 Å². The van der Waals surface area contributed by atoms with Crippen LogP contribution in [0.5, 0.6) is 0 Å². The molecule has 0 aliphatic heterocycles. The predicted octanol–water partition coefficient (Wildman–Crippen LogP) is 6.55. The number of rotatable bonds is 6. The molecule has 8 heteroatoms. The van der Waals surface area contributed by atoms with Crippen LogP contribution < -0.4 is 10.6 Å². The summed E-state index contributed by atoms with van der Waals surface area (Å²) >= 11 is 8.98. The molecule has 0 fully saturated rings. The number of carbonyl (C=O) groups is 2. The van der Waals surface area contributed by atoms with Crippen molar-refractivity contribution in [2.75, 3.05) is 16.4 Å². The van der Waals surface area contributed by atoms with Crippen molar-refractivity contribution in [3.8, 4) is 0 Å². The number of aryl methyl sites for hydroxylation is 1. The van der Waals surface area contributed by atoms with Gasteiger partial charge in [0, 0.05) is 22.0 Å². The maximum Gasteiger partial charge on any atom is 0.255 e. The highest BCUT2D eigenvalue weighted by atomic mass is 35.5. The second kappa shape index (κ2) is 9.73. The van der Waals surface area contributed by atoms with Crippen molar-refractivity contribution in [2.24, 2.45) is 0 Å². The number of carbonyl (C=O) groups excluding carboxylic acids is 2. The van der Waals surface area contributed by atoms with Gasteiger partial charge in [-0.05, 0) is 61.9 Å². The standard InChI is InChI=1S/C24H20ClN3O2S2/c1-14-6-8-16(9-7-14)23(30)26-17-10-11-20-21(12-17)32-24(28-20)31-13-22(29)27-19-5-3-4-18(25)15(19)2/h3-12H,13H2,1-2H3,(H,26,30)(H,27,29). The molecule has 0 aliphatic rings. The minimum absolute atomic E-state index is 0.120. The molecule has 4 aromatic rings. The van der Waals surface area contributed by atoms with Crippen molar-refractivity contribution in [2.45, 2.75) is 18.2 Å². The number of amides is 2. The first-order chi connectivity index (χ1) is 15.4. The number of halogens is 1. The first-order valence-corrected chi connectivity index (χ1v) is 12.0. The Morgan fingerprint density at radius 1 is 1.03 bits per heavy atom. The van der Waals surface area contributed by atoms with Gasteiger partial charge in [-0.2, -0.15) is 0 Å². The molecule has 162 valence electrons. The molecule has 2 N–H and O–H groups in total. The van der Waals surface area contributed by atoms with Gasteiger partial charge in [-0.15, -0.1) is 11.3 Å². The number of thioether (sulfide) groups is 1. The average molecular weight is 482 g/mol. The second-order valence-electron chi connectivity index (χ2n) is 7.23. The summed E-state index contributed by atoms with van der Waals surface area (Å²) in [4.78, 5) is 29.4. The summed E-state index contributed by atoms with van der Waals surface area (Å²) in [5.41, 5.74) is 4.80. The predicted molar refractivity (Wildman–Crippen MR) is 134 cm³/mol. The number of hydrogen-bond acceptors (Lipinski definition) is 5. The number of benzene rings is 3. The molecule has 0 unspecified atom stereocenters. The third kappa shape index (κ3) is 5.30. The minimum Gasteiger partial charge on any atom is -0.325 e. The Morgan fingerprint density at radius 2 is 1.81 bits per heavy atom. The van der Waals surface area contributed by atoms with E-state index in [1.54, 1.807) is 24.3 Å². The number of fused-ring (bicyclic) bond motifs is 1. The van der Waals surface area contributed by atoms with Gasteiger partial charge in [0.1, 0.15) is 0 Å². The maximum absolute atomic E-state index is 12.5. The van der Waals surface area contributed by atoms with Crippen LogP contribution in [0.3, 0.4) is 0 Å². The highest BCUT2D eigenvalue weighted by molar-refractivity contribution is 8.01. The van der Waals surface area contributed by atoms with Crippen molar-refractivity contribution in [3.05, 3.63) is 82.4 Å². The normalized spacial score (nSPS) is 10.8. The van der Waals surface area contributed by atoms with E-state index in [1.165, 1.54) is 23.1 Å². The van der Waals surface area contributed by atoms with E-state index < -0.39 is 0 Å². The SMILES string of the molecule is Cc1ccc(C(=O)Nc2ccc3nc(SCC(=O)Nc4cccc(Cl)c4C)sc3c2)cc1. The van der Waals surface area contributed by atoms with Crippen molar-refractivity contribution in [1.29, 1.82) is 0 Å². The van der Waals surface area contributed by atoms with E-state index in [0.29, 0.717) is 22.0 Å². The monoisotopic (exact) mass is 481 g/mol. The minimum atomic E-state index is -0.156. The molecule has 3 aromatic carbocycles. The van der Waals surface area contributed by atoms with Crippen LogP contribution in [0.2, 0.25) is 5.02 Å². The van der Waals surface area contributed by atoms with Gasteiger partial charge < -0.3 is 10.6 Å². The summed E-state index contributed by atoms with van der Waals surface area (Å²) in [6, 6.07) is 18.5. The van der Waals surface area contributed by atoms with Gasteiger partial charge in [0.25, 0.3) is 5.91 Å². The quantitative estimate of drug-likeness (QED) is 0.306. The molecule has 0 radical (unpaired) electrons. The largest absolute Gasteiger partial charge is 0.325 e. The highest BCUT2D eigenvalue weighted by Crippen LogP contribution is 2.32. The molecular weight excluding hydrogens is 462 g/mol. The lowest BCUT2D eigenvalue weighted by molar-refractivity contribution is -0.113. The summed E-state index contributed by atoms with van der Waals surface area (Å²) in [6.07, 6.45) is 0. The molecule has 0 atom stereocenters. The molecule has 0 bridgehead atoms. The van der Waals surface area contributed by atoms with Gasteiger partial charge >= 0.3 is 0 Å². The van der Waals surface area contributed by atoms with Crippen molar-refractivity contribution in [1.82, 2.24) is 4.98 Å². The summed E-state index contributed by atoms with van der Waals surface area (Å²) in [5, 5.41) is 6.43. The third-order valence-corrected chi connectivity index (χ3v) is 7.38. The molecule has 0 saturated carbocycles. The number of anilines is 2. The summed E-state index contributed by atoms with van der Waals surface area (Å²) in [5.74, 6) is -0.0369. The molecule has 4 rings (SSSR count). The van der Waals surface area contributed by atoms with Gasteiger partial charge in [0.05, 0.1) is 16.0 Å². The fourth-order valence-corrected chi connectivity index (χ4v) is 5.09. The van der Waals surface area contributed by atoms with E-state index >= 15 is 0 Å². The van der Waals surface area contributed by atoms with Crippen molar-refractivity contribution in [3.63, 3.8) is 0 Å². The van der Waals surface area contributed by atoms with Crippen LogP contribution in [0, 0.1) is 13.8 Å². The van der Waals surface area contributed by atoms with Gasteiger partial charge in [0.2, 0.25) is 5.91 Å². The Bertz CT molecular complexity index is 1300. The lowest BCUT2D eigenvalue weighted by Gasteiger charge is -2.08. The molecule has 0 aliphatic carbocycles. The summed E-state index contributed by atoms with van der Waals surface area (Å²) in [6.45, 7) is 3.85. The number of nitrogens with one attached hydrogen (secondary N) is 2. The Morgan fingerprint density at radius 3 is 2.59 bits per heavy atom. The number of nitrogens with zero attached hydrogens (tertiary/aromatic N) is 1. The zero-order valence-corrected chi connectivity index (χ0v) is 19.8. The van der Waals surface area contributed by atoms with E-state index in [0.717, 1.165) is 25.7 Å². The zero-order valence-electron chi connectivity index (χ0n) is 17.4. The molecule has 2 amide bonds. The molecule has 0 saturated heterocycles. The van der Waals surface area contributed by atoms with Crippen LogP contribution in [0.1, 0.15) is 21.5 Å². The molecule has 32 heavy (non-hydrogen) atoms. The van der Waals surface area contributed by atoms with Crippen LogP contribution in [0.25, 0.3) is 10.2 Å². The van der Waals surface area contributed by atoms with Crippen LogP contribution >= 0.6 is 34.7 Å². The molecular formula is C24H20ClN3O2S2. The fraction of sp³-hybridized carbons (Fsp3) is 0.125. The Hall–Kier alpha value is -2.87. The Kier molecular flexibility index (Phi) is 6.79. The van der Waals surface area contributed by atoms with Crippen LogP contribution in [0.4, 0.5) is 11.4 Å². The van der Waals surface area contributed by atoms with E-state index in [2.05, 4.69) is 15.6 Å². The Balaban J connectivity index is 1.39. The third-order valence-electron chi connectivity index (χ3n) is 4.81. The van der Waals surface area contributed by atoms with E-state index in [-0.39, 0.29) is 17.6 Å². The van der Waals surface area contributed by atoms with Crippen molar-refractivity contribution < 1.29 is 9.59 Å². The molecule has 1 aromatic heterocycles. The van der Waals surface area contributed by atoms with Gasteiger partial charge in [0.15, 0.2) is 4.34 Å². The van der Waals surface area contributed by atoms with E-state index in [9.17, 15) is 9.59 Å². The zero-order chi connectivity index (χ0) is 22.7. The number of thiazole rings is 1. The topological polar surface area (TPSA) is 71.1 Å². The van der Waals surface area contributed by atoms with Crippen LogP contribution in [-0.4, -0.2) is 22.6 Å². The average Bonchev–Trinajstić information content (AvgIpc) is 3.18. The highest BCUT2D eigenvalue weighted by Gasteiger charge is 2.12. The number of hydrogen-bond donors (Lipinski definition) is 2. The fourth-order valence-electron chi connectivity index (χ4n) is 3.01. The second-order valence-corrected chi connectivity index (χ2v) is 9.89. The van der Waals surface area contributed by atoms with E-state index in [4.69, 9.17) is 11.6 Å². The molecule has 0 spiro atoms. The van der Waals surface area contributed by atoms with E-state index in [1.807, 2.05) is 50.2 Å². The van der Waals surface area contributed by atoms with Gasteiger partial charge in [-0.25, -0.2) is 4.98 Å². The lowest BCUT2D eigenvalue weighted by Crippen LogP contribution is -2.14. The summed E-state index contributed by atoms with van der Waals surface area (Å²) in [7, 11) is 0.